The number of nitrogens with two attached hydrogens (primary N) is 1. The Kier molecular flexibility index (Phi) is 3.70. The van der Waals surface area contributed by atoms with Crippen molar-refractivity contribution in [1.29, 1.82) is 0 Å². The van der Waals surface area contributed by atoms with E-state index >= 15 is 0 Å². The van der Waals surface area contributed by atoms with Gasteiger partial charge in [0, 0.05) is 36.4 Å². The van der Waals surface area contributed by atoms with E-state index in [1.165, 1.54) is 0 Å². The first-order chi connectivity index (χ1) is 10.2. The van der Waals surface area contributed by atoms with Crippen LogP contribution in [0.15, 0.2) is 30.5 Å². The molecule has 1 unspecified atom stereocenters. The van der Waals surface area contributed by atoms with Crippen LogP contribution in [0, 0.1) is 16.0 Å². The first-order valence-electron chi connectivity index (χ1n) is 7.18. The summed E-state index contributed by atoms with van der Waals surface area (Å²) in [5.41, 5.74) is 7.32. The number of nitro groups is 1. The molecule has 1 aromatic carbocycles. The van der Waals surface area contributed by atoms with Crippen LogP contribution in [0.4, 0.5) is 11.4 Å². The van der Waals surface area contributed by atoms with E-state index < -0.39 is 0 Å². The summed E-state index contributed by atoms with van der Waals surface area (Å²) >= 11 is 0. The zero-order valence-corrected chi connectivity index (χ0v) is 11.7. The molecule has 1 aliphatic rings. The summed E-state index contributed by atoms with van der Waals surface area (Å²) in [5.74, 6) is 0.487. The number of non-ortho nitro benzene ring substituents is 1. The predicted octanol–water partition coefficient (Wildman–Crippen LogP) is 2.32. The Morgan fingerprint density at radius 3 is 3.05 bits per heavy atom. The Labute approximate surface area is 122 Å². The smallest absolute Gasteiger partial charge is 0.295 e. The van der Waals surface area contributed by atoms with Gasteiger partial charge in [0.2, 0.25) is 0 Å². The Bertz CT molecular complexity index is 674. The second kappa shape index (κ2) is 5.65. The lowest BCUT2D eigenvalue weighted by Gasteiger charge is -2.34. The third-order valence-electron chi connectivity index (χ3n) is 4.12. The van der Waals surface area contributed by atoms with E-state index in [0.717, 1.165) is 37.0 Å². The fraction of sp³-hybridized carbons (Fsp3) is 0.400. The highest BCUT2D eigenvalue weighted by Gasteiger charge is 2.23. The SMILES string of the molecule is NCC1CCCN(c2ccc([N+](=O)[O-])c3ncccc23)C1. The van der Waals surface area contributed by atoms with Crippen molar-refractivity contribution in [3.05, 3.63) is 40.6 Å². The Morgan fingerprint density at radius 2 is 2.29 bits per heavy atom. The summed E-state index contributed by atoms with van der Waals surface area (Å²) in [5, 5.41) is 12.0. The minimum absolute atomic E-state index is 0.0572. The van der Waals surface area contributed by atoms with Gasteiger partial charge in [0.15, 0.2) is 0 Å². The Hall–Kier alpha value is -2.21. The van der Waals surface area contributed by atoms with E-state index in [2.05, 4.69) is 9.88 Å². The second-order valence-electron chi connectivity index (χ2n) is 5.45. The maximum absolute atomic E-state index is 11.1. The van der Waals surface area contributed by atoms with E-state index in [1.54, 1.807) is 12.3 Å². The van der Waals surface area contributed by atoms with Gasteiger partial charge in [-0.15, -0.1) is 0 Å². The largest absolute Gasteiger partial charge is 0.371 e. The molecule has 21 heavy (non-hydrogen) atoms. The lowest BCUT2D eigenvalue weighted by Crippen LogP contribution is -2.38. The predicted molar refractivity (Wildman–Crippen MR) is 82.4 cm³/mol. The number of nitro benzene ring substituents is 1. The van der Waals surface area contributed by atoms with Crippen molar-refractivity contribution in [1.82, 2.24) is 4.98 Å². The van der Waals surface area contributed by atoms with E-state index in [0.29, 0.717) is 18.0 Å². The molecular formula is C15H18N4O2. The maximum Gasteiger partial charge on any atom is 0.295 e. The third-order valence-corrected chi connectivity index (χ3v) is 4.12. The monoisotopic (exact) mass is 286 g/mol. The summed E-state index contributed by atoms with van der Waals surface area (Å²) in [4.78, 5) is 17.2. The molecule has 2 aromatic rings. The van der Waals surface area contributed by atoms with Crippen LogP contribution in [0.25, 0.3) is 10.9 Å². The number of rotatable bonds is 3. The molecule has 1 aliphatic heterocycles. The lowest BCUT2D eigenvalue weighted by atomic mass is 9.97. The summed E-state index contributed by atoms with van der Waals surface area (Å²) in [7, 11) is 0. The molecular weight excluding hydrogens is 268 g/mol. The molecule has 1 aromatic heterocycles. The molecule has 1 saturated heterocycles. The second-order valence-corrected chi connectivity index (χ2v) is 5.45. The fourth-order valence-corrected chi connectivity index (χ4v) is 3.04. The number of nitrogens with zero attached hydrogens (tertiary/aromatic N) is 3. The van der Waals surface area contributed by atoms with Gasteiger partial charge in [0.25, 0.3) is 5.69 Å². The number of piperidine rings is 1. The van der Waals surface area contributed by atoms with Gasteiger partial charge in [-0.25, -0.2) is 4.98 Å². The minimum atomic E-state index is -0.377. The molecule has 0 radical (unpaired) electrons. The van der Waals surface area contributed by atoms with Crippen molar-refractivity contribution < 1.29 is 4.92 Å². The van der Waals surface area contributed by atoms with Gasteiger partial charge in [0.05, 0.1) is 4.92 Å². The number of pyridine rings is 1. The van der Waals surface area contributed by atoms with Crippen LogP contribution in [0.5, 0.6) is 0 Å². The van der Waals surface area contributed by atoms with E-state index in [9.17, 15) is 10.1 Å². The molecule has 2 heterocycles. The van der Waals surface area contributed by atoms with Crippen LogP contribution in [0.1, 0.15) is 12.8 Å². The van der Waals surface area contributed by atoms with Crippen LogP contribution in [0.2, 0.25) is 0 Å². The highest BCUT2D eigenvalue weighted by Crippen LogP contribution is 2.33. The lowest BCUT2D eigenvalue weighted by molar-refractivity contribution is -0.383. The van der Waals surface area contributed by atoms with Crippen molar-refractivity contribution in [2.24, 2.45) is 11.7 Å². The molecule has 110 valence electrons. The average Bonchev–Trinajstić information content (AvgIpc) is 2.53. The third kappa shape index (κ3) is 2.54. The van der Waals surface area contributed by atoms with Crippen molar-refractivity contribution in [3.63, 3.8) is 0 Å². The zero-order chi connectivity index (χ0) is 14.8. The van der Waals surface area contributed by atoms with Gasteiger partial charge in [-0.1, -0.05) is 0 Å². The van der Waals surface area contributed by atoms with Crippen molar-refractivity contribution in [2.75, 3.05) is 24.5 Å². The van der Waals surface area contributed by atoms with Gasteiger partial charge >= 0.3 is 0 Å². The highest BCUT2D eigenvalue weighted by atomic mass is 16.6. The molecule has 0 aliphatic carbocycles. The quantitative estimate of drug-likeness (QED) is 0.691. The van der Waals surface area contributed by atoms with Crippen LogP contribution < -0.4 is 10.6 Å². The van der Waals surface area contributed by atoms with Gasteiger partial charge in [-0.3, -0.25) is 10.1 Å². The minimum Gasteiger partial charge on any atom is -0.371 e. The molecule has 0 saturated carbocycles. The van der Waals surface area contributed by atoms with Gasteiger partial charge < -0.3 is 10.6 Å². The topological polar surface area (TPSA) is 85.3 Å². The van der Waals surface area contributed by atoms with E-state index in [1.807, 2.05) is 18.2 Å². The first kappa shape index (κ1) is 13.8. The molecule has 0 amide bonds. The number of benzene rings is 1. The van der Waals surface area contributed by atoms with E-state index in [4.69, 9.17) is 5.73 Å². The number of fused-ring (bicyclic) bond motifs is 1. The van der Waals surface area contributed by atoms with Crippen molar-refractivity contribution in [3.8, 4) is 0 Å². The Morgan fingerprint density at radius 1 is 1.43 bits per heavy atom. The molecule has 6 heteroatoms. The molecule has 6 nitrogen and oxygen atoms in total. The standard InChI is InChI=1S/C15H18N4O2/c16-9-11-3-2-8-18(10-11)13-5-6-14(19(20)21)15-12(13)4-1-7-17-15/h1,4-7,11H,2-3,8-10,16H2. The average molecular weight is 286 g/mol. The number of hydrogen-bond acceptors (Lipinski definition) is 5. The summed E-state index contributed by atoms with van der Waals surface area (Å²) < 4.78 is 0. The molecule has 0 bridgehead atoms. The summed E-state index contributed by atoms with van der Waals surface area (Å²) in [6, 6.07) is 7.11. The van der Waals surface area contributed by atoms with Gasteiger partial charge in [-0.05, 0) is 43.5 Å². The van der Waals surface area contributed by atoms with Crippen LogP contribution >= 0.6 is 0 Å². The van der Waals surface area contributed by atoms with Crippen LogP contribution in [-0.2, 0) is 0 Å². The fourth-order valence-electron chi connectivity index (χ4n) is 3.04. The normalized spacial score (nSPS) is 18.9. The highest BCUT2D eigenvalue weighted by molar-refractivity contribution is 5.97. The first-order valence-corrected chi connectivity index (χ1v) is 7.18. The van der Waals surface area contributed by atoms with E-state index in [-0.39, 0.29) is 10.6 Å². The number of anilines is 1. The molecule has 3 rings (SSSR count). The summed E-state index contributed by atoms with van der Waals surface area (Å²) in [6.45, 7) is 2.54. The van der Waals surface area contributed by atoms with Gasteiger partial charge in [-0.2, -0.15) is 0 Å². The van der Waals surface area contributed by atoms with Crippen molar-refractivity contribution in [2.45, 2.75) is 12.8 Å². The maximum atomic E-state index is 11.1. The summed E-state index contributed by atoms with van der Waals surface area (Å²) in [6.07, 6.45) is 3.84. The van der Waals surface area contributed by atoms with Crippen LogP contribution in [-0.4, -0.2) is 29.5 Å². The zero-order valence-electron chi connectivity index (χ0n) is 11.7. The molecule has 2 N–H and O–H groups in total. The van der Waals surface area contributed by atoms with Crippen LogP contribution in [0.3, 0.4) is 0 Å². The Balaban J connectivity index is 2.07. The molecule has 0 spiro atoms. The number of aromatic nitrogens is 1. The molecule has 1 atom stereocenters. The number of hydrogen-bond donors (Lipinski definition) is 1. The van der Waals surface area contributed by atoms with Crippen molar-refractivity contribution >= 4 is 22.3 Å². The molecule has 1 fully saturated rings. The van der Waals surface area contributed by atoms with Gasteiger partial charge in [0.1, 0.15) is 5.52 Å².